The Balaban J connectivity index is 1.48. The molecule has 2 fully saturated rings. The fourth-order valence-corrected chi connectivity index (χ4v) is 3.79. The van der Waals surface area contributed by atoms with Gasteiger partial charge in [-0.15, -0.1) is 0 Å². The minimum atomic E-state index is 0.378. The SMILES string of the molecule is CC(C)(C1CC1)N1CCN(c2ccc3ccccc3n2)CC1. The number of fused-ring (bicyclic) bond motifs is 1. The number of nitrogens with zero attached hydrogens (tertiary/aromatic N) is 3. The topological polar surface area (TPSA) is 19.4 Å². The standard InChI is InChI=1S/C19H25N3/c1-19(2,16-8-9-16)22-13-11-21(12-14-22)18-10-7-15-5-3-4-6-17(15)20-18/h3-7,10,16H,8-9,11-14H2,1-2H3. The zero-order valence-electron chi connectivity index (χ0n) is 13.6. The Hall–Kier alpha value is -1.61. The second-order valence-corrected chi connectivity index (χ2v) is 7.26. The summed E-state index contributed by atoms with van der Waals surface area (Å²) in [7, 11) is 0. The highest BCUT2D eigenvalue weighted by Gasteiger charge is 2.42. The van der Waals surface area contributed by atoms with Gasteiger partial charge in [0.05, 0.1) is 5.52 Å². The third kappa shape index (κ3) is 2.48. The van der Waals surface area contributed by atoms with Crippen LogP contribution < -0.4 is 4.90 Å². The van der Waals surface area contributed by atoms with E-state index >= 15 is 0 Å². The van der Waals surface area contributed by atoms with Crippen LogP contribution in [0.1, 0.15) is 26.7 Å². The monoisotopic (exact) mass is 295 g/mol. The first kappa shape index (κ1) is 14.0. The Morgan fingerprint density at radius 2 is 1.68 bits per heavy atom. The van der Waals surface area contributed by atoms with Crippen molar-refractivity contribution in [1.29, 1.82) is 0 Å². The molecular weight excluding hydrogens is 270 g/mol. The highest BCUT2D eigenvalue weighted by molar-refractivity contribution is 5.80. The molecule has 0 amide bonds. The lowest BCUT2D eigenvalue weighted by molar-refractivity contribution is 0.0918. The van der Waals surface area contributed by atoms with Crippen LogP contribution in [0.5, 0.6) is 0 Å². The van der Waals surface area contributed by atoms with E-state index in [1.54, 1.807) is 0 Å². The summed E-state index contributed by atoms with van der Waals surface area (Å²) >= 11 is 0. The number of rotatable bonds is 3. The van der Waals surface area contributed by atoms with E-state index in [1.807, 2.05) is 0 Å². The van der Waals surface area contributed by atoms with Crippen LogP contribution in [-0.4, -0.2) is 41.6 Å². The van der Waals surface area contributed by atoms with E-state index in [4.69, 9.17) is 4.98 Å². The van der Waals surface area contributed by atoms with Crippen molar-refractivity contribution in [2.24, 2.45) is 5.92 Å². The molecule has 0 spiro atoms. The number of anilines is 1. The zero-order valence-corrected chi connectivity index (χ0v) is 13.6. The Labute approximate surface area is 132 Å². The molecule has 4 rings (SSSR count). The smallest absolute Gasteiger partial charge is 0.129 e. The van der Waals surface area contributed by atoms with Gasteiger partial charge in [-0.1, -0.05) is 18.2 Å². The first-order chi connectivity index (χ1) is 10.6. The molecule has 0 atom stereocenters. The molecule has 0 radical (unpaired) electrons. The van der Waals surface area contributed by atoms with Crippen LogP contribution in [0, 0.1) is 5.92 Å². The summed E-state index contributed by atoms with van der Waals surface area (Å²) in [6.45, 7) is 9.32. The van der Waals surface area contributed by atoms with Gasteiger partial charge in [-0.05, 0) is 50.8 Å². The molecule has 1 aromatic heterocycles. The first-order valence-electron chi connectivity index (χ1n) is 8.50. The van der Waals surface area contributed by atoms with E-state index in [2.05, 4.69) is 60.0 Å². The van der Waals surface area contributed by atoms with Crippen molar-refractivity contribution >= 4 is 16.7 Å². The number of para-hydroxylation sites is 1. The fourth-order valence-electron chi connectivity index (χ4n) is 3.79. The Morgan fingerprint density at radius 1 is 0.955 bits per heavy atom. The number of hydrogen-bond donors (Lipinski definition) is 0. The highest BCUT2D eigenvalue weighted by Crippen LogP contribution is 2.43. The quantitative estimate of drug-likeness (QED) is 0.863. The number of hydrogen-bond acceptors (Lipinski definition) is 3. The van der Waals surface area contributed by atoms with Crippen LogP contribution in [0.25, 0.3) is 10.9 Å². The predicted octanol–water partition coefficient (Wildman–Crippen LogP) is 3.55. The van der Waals surface area contributed by atoms with Gasteiger partial charge >= 0.3 is 0 Å². The maximum absolute atomic E-state index is 4.84. The summed E-state index contributed by atoms with van der Waals surface area (Å²) in [5.74, 6) is 2.04. The normalized spacial score (nSPS) is 20.5. The van der Waals surface area contributed by atoms with E-state index < -0.39 is 0 Å². The lowest BCUT2D eigenvalue weighted by Crippen LogP contribution is -2.55. The minimum Gasteiger partial charge on any atom is -0.354 e. The zero-order chi connectivity index (χ0) is 15.2. The van der Waals surface area contributed by atoms with Crippen molar-refractivity contribution in [3.63, 3.8) is 0 Å². The Kier molecular flexibility index (Phi) is 3.33. The van der Waals surface area contributed by atoms with E-state index in [9.17, 15) is 0 Å². The molecule has 1 saturated carbocycles. The summed E-state index contributed by atoms with van der Waals surface area (Å²) in [6, 6.07) is 12.7. The molecule has 1 aromatic carbocycles. The van der Waals surface area contributed by atoms with Gasteiger partial charge in [-0.2, -0.15) is 0 Å². The molecule has 1 aliphatic heterocycles. The number of aromatic nitrogens is 1. The molecule has 3 nitrogen and oxygen atoms in total. The van der Waals surface area contributed by atoms with Gasteiger partial charge in [-0.3, -0.25) is 4.90 Å². The molecule has 3 heteroatoms. The van der Waals surface area contributed by atoms with Crippen LogP contribution in [0.3, 0.4) is 0 Å². The number of benzene rings is 1. The van der Waals surface area contributed by atoms with Gasteiger partial charge in [-0.25, -0.2) is 4.98 Å². The molecule has 1 saturated heterocycles. The number of pyridine rings is 1. The van der Waals surface area contributed by atoms with E-state index in [0.29, 0.717) is 5.54 Å². The van der Waals surface area contributed by atoms with Gasteiger partial charge < -0.3 is 4.90 Å². The van der Waals surface area contributed by atoms with Crippen LogP contribution in [-0.2, 0) is 0 Å². The van der Waals surface area contributed by atoms with Crippen LogP contribution >= 0.6 is 0 Å². The van der Waals surface area contributed by atoms with Crippen molar-refractivity contribution in [3.05, 3.63) is 36.4 Å². The summed E-state index contributed by atoms with van der Waals surface area (Å²) in [6.07, 6.45) is 2.83. The van der Waals surface area contributed by atoms with E-state index in [0.717, 1.165) is 43.4 Å². The second kappa shape index (κ2) is 5.24. The first-order valence-corrected chi connectivity index (χ1v) is 8.50. The maximum atomic E-state index is 4.84. The molecule has 2 heterocycles. The van der Waals surface area contributed by atoms with Crippen LogP contribution in [0.2, 0.25) is 0 Å². The van der Waals surface area contributed by atoms with Crippen molar-refractivity contribution in [3.8, 4) is 0 Å². The third-order valence-corrected chi connectivity index (χ3v) is 5.58. The summed E-state index contributed by atoms with van der Waals surface area (Å²) < 4.78 is 0. The molecule has 1 aliphatic carbocycles. The number of piperazine rings is 1. The van der Waals surface area contributed by atoms with Gasteiger partial charge in [0.1, 0.15) is 5.82 Å². The Morgan fingerprint density at radius 3 is 2.41 bits per heavy atom. The average Bonchev–Trinajstić information content (AvgIpc) is 3.40. The molecule has 2 aromatic rings. The molecule has 2 aliphatic rings. The van der Waals surface area contributed by atoms with E-state index in [-0.39, 0.29) is 0 Å². The molecule has 0 unspecified atom stereocenters. The molecule has 0 bridgehead atoms. The highest BCUT2D eigenvalue weighted by atomic mass is 15.3. The fraction of sp³-hybridized carbons (Fsp3) is 0.526. The van der Waals surface area contributed by atoms with Crippen molar-refractivity contribution in [1.82, 2.24) is 9.88 Å². The summed E-state index contributed by atoms with van der Waals surface area (Å²) in [4.78, 5) is 9.96. The largest absolute Gasteiger partial charge is 0.354 e. The third-order valence-electron chi connectivity index (χ3n) is 5.58. The maximum Gasteiger partial charge on any atom is 0.129 e. The van der Waals surface area contributed by atoms with Gasteiger partial charge in [0.15, 0.2) is 0 Å². The minimum absolute atomic E-state index is 0.378. The summed E-state index contributed by atoms with van der Waals surface area (Å²) in [5, 5.41) is 1.22. The molecular formula is C19H25N3. The van der Waals surface area contributed by atoms with Crippen LogP contribution in [0.15, 0.2) is 36.4 Å². The van der Waals surface area contributed by atoms with Crippen molar-refractivity contribution < 1.29 is 0 Å². The van der Waals surface area contributed by atoms with Crippen LogP contribution in [0.4, 0.5) is 5.82 Å². The van der Waals surface area contributed by atoms with Crippen molar-refractivity contribution in [2.75, 3.05) is 31.1 Å². The van der Waals surface area contributed by atoms with Gasteiger partial charge in [0, 0.05) is 37.1 Å². The summed E-state index contributed by atoms with van der Waals surface area (Å²) in [5.41, 5.74) is 1.48. The van der Waals surface area contributed by atoms with E-state index in [1.165, 1.54) is 18.2 Å². The van der Waals surface area contributed by atoms with Gasteiger partial charge in [0.2, 0.25) is 0 Å². The second-order valence-electron chi connectivity index (χ2n) is 7.26. The molecule has 22 heavy (non-hydrogen) atoms. The van der Waals surface area contributed by atoms with Gasteiger partial charge in [0.25, 0.3) is 0 Å². The Bertz CT molecular complexity index is 667. The predicted molar refractivity (Wildman–Crippen MR) is 92.3 cm³/mol. The molecule has 0 N–H and O–H groups in total. The van der Waals surface area contributed by atoms with Crippen molar-refractivity contribution in [2.45, 2.75) is 32.2 Å². The lowest BCUT2D eigenvalue weighted by Gasteiger charge is -2.44. The average molecular weight is 295 g/mol. The molecule has 116 valence electrons. The lowest BCUT2D eigenvalue weighted by atomic mass is 9.95.